The number of aryl methyl sites for hydroxylation is 1. The Hall–Kier alpha value is -3.04. The molecule has 2 aliphatic heterocycles. The van der Waals surface area contributed by atoms with E-state index in [9.17, 15) is 13.6 Å². The summed E-state index contributed by atoms with van der Waals surface area (Å²) in [6, 6.07) is 4.37. The second-order valence-corrected chi connectivity index (χ2v) is 10.1. The number of benzene rings is 1. The summed E-state index contributed by atoms with van der Waals surface area (Å²) in [4.78, 5) is 25.7. The summed E-state index contributed by atoms with van der Waals surface area (Å²) in [6.45, 7) is 5.73. The van der Waals surface area contributed by atoms with Gasteiger partial charge in [-0.2, -0.15) is 4.98 Å². The number of fused-ring (bicyclic) bond motifs is 1. The Balaban J connectivity index is 1.39. The number of hydrogen-bond donors (Lipinski definition) is 2. The lowest BCUT2D eigenvalue weighted by Crippen LogP contribution is -2.40. The Morgan fingerprint density at radius 1 is 1.12 bits per heavy atom. The van der Waals surface area contributed by atoms with Crippen molar-refractivity contribution in [1.29, 1.82) is 0 Å². The number of piperidine rings is 2. The fraction of sp³-hybridized carbons (Fsp3) is 0.542. The van der Waals surface area contributed by atoms with Crippen molar-refractivity contribution >= 4 is 29.0 Å². The molecule has 0 radical (unpaired) electrons. The summed E-state index contributed by atoms with van der Waals surface area (Å²) in [5, 5.41) is 2.69. The topological polar surface area (TPSA) is 87.4 Å². The van der Waals surface area contributed by atoms with E-state index < -0.39 is 17.6 Å². The normalized spacial score (nSPS) is 25.6. The van der Waals surface area contributed by atoms with E-state index in [1.807, 2.05) is 4.90 Å². The van der Waals surface area contributed by atoms with Gasteiger partial charge in [0.2, 0.25) is 5.95 Å². The number of aromatic nitrogens is 2. The van der Waals surface area contributed by atoms with Gasteiger partial charge in [-0.1, -0.05) is 6.92 Å². The molecule has 1 aliphatic carbocycles. The van der Waals surface area contributed by atoms with Crippen LogP contribution in [0.5, 0.6) is 0 Å². The van der Waals surface area contributed by atoms with E-state index in [2.05, 4.69) is 22.2 Å². The molecule has 10 heteroatoms. The SMILES string of the molecule is Cc1cc(NC(=O)c2c(F)cc(N)cc2N2CC[C@]3(C)C[C@@H]3C2)nc(N2CCC(F)(F)CC2)n1. The van der Waals surface area contributed by atoms with Crippen molar-refractivity contribution in [2.24, 2.45) is 11.3 Å². The van der Waals surface area contributed by atoms with Crippen LogP contribution in [0, 0.1) is 24.1 Å². The molecule has 1 aromatic heterocycles. The van der Waals surface area contributed by atoms with Crippen molar-refractivity contribution in [2.45, 2.75) is 45.5 Å². The maximum Gasteiger partial charge on any atom is 0.261 e. The number of carbonyl (C=O) groups excluding carboxylic acids is 1. The summed E-state index contributed by atoms with van der Waals surface area (Å²) in [6.07, 6.45) is 1.57. The molecule has 1 aromatic carbocycles. The summed E-state index contributed by atoms with van der Waals surface area (Å²) in [7, 11) is 0. The van der Waals surface area contributed by atoms with Crippen LogP contribution in [-0.4, -0.2) is 48.0 Å². The van der Waals surface area contributed by atoms with Gasteiger partial charge in [-0.3, -0.25) is 4.79 Å². The predicted molar refractivity (Wildman–Crippen MR) is 125 cm³/mol. The molecule has 0 bridgehead atoms. The monoisotopic (exact) mass is 474 g/mol. The lowest BCUT2D eigenvalue weighted by Gasteiger charge is -2.33. The van der Waals surface area contributed by atoms with E-state index in [0.717, 1.165) is 32.0 Å². The van der Waals surface area contributed by atoms with Gasteiger partial charge in [0.15, 0.2) is 0 Å². The van der Waals surface area contributed by atoms with Gasteiger partial charge in [-0.15, -0.1) is 0 Å². The van der Waals surface area contributed by atoms with E-state index in [1.165, 1.54) is 0 Å². The van der Waals surface area contributed by atoms with Crippen molar-refractivity contribution < 1.29 is 18.0 Å². The first-order valence-electron chi connectivity index (χ1n) is 11.7. The maximum atomic E-state index is 15.0. The fourth-order valence-corrected chi connectivity index (χ4v) is 5.12. The zero-order chi connectivity index (χ0) is 24.3. The number of hydrogen-bond acceptors (Lipinski definition) is 6. The lowest BCUT2D eigenvalue weighted by molar-refractivity contribution is -0.0222. The molecule has 34 heavy (non-hydrogen) atoms. The van der Waals surface area contributed by atoms with Crippen LogP contribution < -0.4 is 20.9 Å². The molecule has 2 aromatic rings. The molecular weight excluding hydrogens is 445 g/mol. The van der Waals surface area contributed by atoms with Crippen LogP contribution in [0.4, 0.5) is 36.3 Å². The largest absolute Gasteiger partial charge is 0.399 e. The minimum Gasteiger partial charge on any atom is -0.399 e. The highest BCUT2D eigenvalue weighted by Crippen LogP contribution is 2.58. The first-order chi connectivity index (χ1) is 16.0. The van der Waals surface area contributed by atoms with Gasteiger partial charge >= 0.3 is 0 Å². The highest BCUT2D eigenvalue weighted by molar-refractivity contribution is 6.08. The number of halogens is 3. The molecule has 2 atom stereocenters. The van der Waals surface area contributed by atoms with Gasteiger partial charge in [-0.05, 0) is 43.2 Å². The van der Waals surface area contributed by atoms with Crippen molar-refractivity contribution in [3.8, 4) is 0 Å². The first kappa shape index (κ1) is 22.7. The Kier molecular flexibility index (Phi) is 5.37. The molecule has 7 nitrogen and oxygen atoms in total. The minimum absolute atomic E-state index is 0.0751. The number of nitrogens with zero attached hydrogens (tertiary/aromatic N) is 4. The van der Waals surface area contributed by atoms with E-state index in [1.54, 1.807) is 24.0 Å². The molecule has 1 amide bonds. The smallest absolute Gasteiger partial charge is 0.261 e. The third kappa shape index (κ3) is 4.37. The van der Waals surface area contributed by atoms with Gasteiger partial charge in [0, 0.05) is 56.5 Å². The van der Waals surface area contributed by atoms with E-state index in [-0.39, 0.29) is 48.9 Å². The quantitative estimate of drug-likeness (QED) is 0.645. The number of alkyl halides is 2. The maximum absolute atomic E-state index is 15.0. The Morgan fingerprint density at radius 2 is 1.82 bits per heavy atom. The fourth-order valence-electron chi connectivity index (χ4n) is 5.12. The van der Waals surface area contributed by atoms with Crippen molar-refractivity contribution in [3.05, 3.63) is 35.3 Å². The van der Waals surface area contributed by atoms with Crippen LogP contribution in [0.2, 0.25) is 0 Å². The zero-order valence-corrected chi connectivity index (χ0v) is 19.4. The number of carbonyl (C=O) groups is 1. The number of nitrogens with two attached hydrogens (primary N) is 1. The highest BCUT2D eigenvalue weighted by atomic mass is 19.3. The Labute approximate surface area is 196 Å². The molecular formula is C24H29F3N6O. The van der Waals surface area contributed by atoms with Crippen LogP contribution in [0.3, 0.4) is 0 Å². The molecule has 3 fully saturated rings. The highest BCUT2D eigenvalue weighted by Gasteiger charge is 2.53. The second-order valence-electron chi connectivity index (χ2n) is 10.1. The van der Waals surface area contributed by atoms with E-state index in [0.29, 0.717) is 22.7 Å². The van der Waals surface area contributed by atoms with Crippen molar-refractivity contribution in [2.75, 3.05) is 47.0 Å². The van der Waals surface area contributed by atoms with Crippen LogP contribution in [-0.2, 0) is 0 Å². The molecule has 3 aliphatic rings. The van der Waals surface area contributed by atoms with Crippen molar-refractivity contribution in [3.63, 3.8) is 0 Å². The number of rotatable bonds is 4. The minimum atomic E-state index is -2.69. The number of anilines is 4. The molecule has 3 heterocycles. The van der Waals surface area contributed by atoms with Crippen LogP contribution in [0.1, 0.15) is 48.7 Å². The van der Waals surface area contributed by atoms with E-state index >= 15 is 4.39 Å². The molecule has 0 spiro atoms. The summed E-state index contributed by atoms with van der Waals surface area (Å²) in [5.74, 6) is -3.02. The van der Waals surface area contributed by atoms with Gasteiger partial charge in [-0.25, -0.2) is 18.2 Å². The Bertz CT molecular complexity index is 1130. The lowest BCUT2D eigenvalue weighted by atomic mass is 9.96. The average molecular weight is 475 g/mol. The Morgan fingerprint density at radius 3 is 2.53 bits per heavy atom. The number of nitrogen functional groups attached to an aromatic ring is 1. The van der Waals surface area contributed by atoms with Gasteiger partial charge < -0.3 is 20.9 Å². The van der Waals surface area contributed by atoms with Crippen LogP contribution in [0.15, 0.2) is 18.2 Å². The third-order valence-corrected chi connectivity index (χ3v) is 7.45. The van der Waals surface area contributed by atoms with Crippen molar-refractivity contribution in [1.82, 2.24) is 9.97 Å². The van der Waals surface area contributed by atoms with Crippen LogP contribution >= 0.6 is 0 Å². The number of amides is 1. The summed E-state index contributed by atoms with van der Waals surface area (Å²) >= 11 is 0. The van der Waals surface area contributed by atoms with Gasteiger partial charge in [0.1, 0.15) is 11.6 Å². The molecule has 1 saturated carbocycles. The molecule has 3 N–H and O–H groups in total. The molecule has 2 saturated heterocycles. The molecule has 0 unspecified atom stereocenters. The number of nitrogens with one attached hydrogen (secondary N) is 1. The standard InChI is InChI=1S/C24H29F3N6O/c1-14-9-19(31-22(29-14)32-7-4-24(26,27)5-8-32)30-21(34)20-17(25)10-16(28)11-18(20)33-6-3-23(2)12-15(23)13-33/h9-11,15H,3-8,12-13,28H2,1-2H3,(H,29,30,31,34)/t15-,23-/m1/s1. The van der Waals surface area contributed by atoms with Gasteiger partial charge in [0.25, 0.3) is 11.8 Å². The summed E-state index contributed by atoms with van der Waals surface area (Å²) in [5.41, 5.74) is 7.51. The van der Waals surface area contributed by atoms with Crippen LogP contribution in [0.25, 0.3) is 0 Å². The molecule has 182 valence electrons. The second kappa shape index (κ2) is 8.02. The molecule has 5 rings (SSSR count). The first-order valence-corrected chi connectivity index (χ1v) is 11.7. The zero-order valence-electron chi connectivity index (χ0n) is 19.4. The predicted octanol–water partition coefficient (Wildman–Crippen LogP) is 4.23. The van der Waals surface area contributed by atoms with E-state index in [4.69, 9.17) is 5.73 Å². The summed E-state index contributed by atoms with van der Waals surface area (Å²) < 4.78 is 42.1. The van der Waals surface area contributed by atoms with Gasteiger partial charge in [0.05, 0.1) is 11.3 Å². The average Bonchev–Trinajstić information content (AvgIpc) is 3.43. The third-order valence-electron chi connectivity index (χ3n) is 7.45.